The van der Waals surface area contributed by atoms with Crippen LogP contribution in [0.25, 0.3) is 0 Å². The third-order valence-electron chi connectivity index (χ3n) is 5.91. The Bertz CT molecular complexity index is 809. The van der Waals surface area contributed by atoms with Gasteiger partial charge in [-0.05, 0) is 33.6 Å². The summed E-state index contributed by atoms with van der Waals surface area (Å²) in [7, 11) is 1.20. The van der Waals surface area contributed by atoms with Gasteiger partial charge in [-0.3, -0.25) is 0 Å². The van der Waals surface area contributed by atoms with Gasteiger partial charge in [-0.25, -0.2) is 14.4 Å². The molecular formula is C21H26O8. The number of esters is 3. The van der Waals surface area contributed by atoms with Crippen molar-refractivity contribution in [2.75, 3.05) is 7.11 Å². The largest absolute Gasteiger partial charge is 0.466 e. The lowest BCUT2D eigenvalue weighted by Crippen LogP contribution is -2.46. The zero-order chi connectivity index (χ0) is 21.5. The molecule has 2 aliphatic heterocycles. The first kappa shape index (κ1) is 21.3. The minimum Gasteiger partial charge on any atom is -0.466 e. The number of fused-ring (bicyclic) bond motifs is 3. The van der Waals surface area contributed by atoms with Gasteiger partial charge in [0.25, 0.3) is 0 Å². The van der Waals surface area contributed by atoms with Gasteiger partial charge in [0.05, 0.1) is 24.2 Å². The van der Waals surface area contributed by atoms with Crippen molar-refractivity contribution >= 4 is 17.9 Å². The van der Waals surface area contributed by atoms with E-state index in [9.17, 15) is 19.5 Å². The first-order chi connectivity index (χ1) is 13.6. The highest BCUT2D eigenvalue weighted by Crippen LogP contribution is 2.50. The van der Waals surface area contributed by atoms with Crippen LogP contribution in [0.5, 0.6) is 0 Å². The molecule has 0 saturated carbocycles. The van der Waals surface area contributed by atoms with Gasteiger partial charge in [-0.1, -0.05) is 18.7 Å². The van der Waals surface area contributed by atoms with E-state index in [1.54, 1.807) is 26.0 Å². The van der Waals surface area contributed by atoms with Crippen molar-refractivity contribution in [2.24, 2.45) is 5.92 Å². The summed E-state index contributed by atoms with van der Waals surface area (Å²) in [5, 5.41) is 11.1. The van der Waals surface area contributed by atoms with E-state index in [2.05, 4.69) is 6.58 Å². The Morgan fingerprint density at radius 1 is 1.41 bits per heavy atom. The van der Waals surface area contributed by atoms with Gasteiger partial charge in [0.2, 0.25) is 0 Å². The van der Waals surface area contributed by atoms with Crippen LogP contribution in [0.15, 0.2) is 35.5 Å². The number of carbonyl (C=O) groups is 3. The molecule has 8 nitrogen and oxygen atoms in total. The molecule has 158 valence electrons. The fourth-order valence-corrected chi connectivity index (χ4v) is 3.92. The number of hydrogen-bond donors (Lipinski definition) is 1. The Morgan fingerprint density at radius 2 is 2.10 bits per heavy atom. The van der Waals surface area contributed by atoms with E-state index in [1.807, 2.05) is 6.92 Å². The monoisotopic (exact) mass is 406 g/mol. The third-order valence-corrected chi connectivity index (χ3v) is 5.91. The summed E-state index contributed by atoms with van der Waals surface area (Å²) in [6, 6.07) is 0. The van der Waals surface area contributed by atoms with Gasteiger partial charge in [-0.15, -0.1) is 0 Å². The molecule has 0 radical (unpaired) electrons. The molecule has 8 heteroatoms. The van der Waals surface area contributed by atoms with Crippen molar-refractivity contribution in [1.82, 2.24) is 0 Å². The van der Waals surface area contributed by atoms with Crippen molar-refractivity contribution in [3.05, 3.63) is 35.5 Å². The Labute approximate surface area is 169 Å². The van der Waals surface area contributed by atoms with Gasteiger partial charge in [-0.2, -0.15) is 0 Å². The second-order valence-electron chi connectivity index (χ2n) is 7.75. The molecule has 0 spiro atoms. The fourth-order valence-electron chi connectivity index (χ4n) is 3.92. The van der Waals surface area contributed by atoms with Crippen molar-refractivity contribution in [3.63, 3.8) is 0 Å². The standard InChI is InChI=1S/C21H26O8/c1-6-10(2)18(23)27-15-13-11(3)19(24)28-16(13)17-21(4,29-17)9-7-8-12(14(15)22)20(25)26-5/h6,8,13-17,22H,3,7,9H2,1-2,4-5H3/b10-6-,12-8+/t13-,14+,15?,16+,17-,21-/m1/s1. The number of allylic oxidation sites excluding steroid dienone is 2. The molecule has 1 aliphatic carbocycles. The average molecular weight is 406 g/mol. The van der Waals surface area contributed by atoms with E-state index in [-0.39, 0.29) is 11.1 Å². The molecule has 0 bridgehead atoms. The van der Waals surface area contributed by atoms with Gasteiger partial charge < -0.3 is 24.1 Å². The molecule has 0 aromatic carbocycles. The number of aliphatic hydroxyl groups excluding tert-OH is 1. The molecule has 0 aromatic rings. The van der Waals surface area contributed by atoms with Crippen LogP contribution in [0.2, 0.25) is 0 Å². The minimum atomic E-state index is -1.53. The Hall–Kier alpha value is -2.45. The topological polar surface area (TPSA) is 112 Å². The Kier molecular flexibility index (Phi) is 5.69. The van der Waals surface area contributed by atoms with Crippen LogP contribution in [-0.4, -0.2) is 60.1 Å². The van der Waals surface area contributed by atoms with E-state index in [0.29, 0.717) is 18.4 Å². The maximum absolute atomic E-state index is 12.5. The molecule has 2 fully saturated rings. The zero-order valence-corrected chi connectivity index (χ0v) is 17.0. The van der Waals surface area contributed by atoms with Crippen LogP contribution >= 0.6 is 0 Å². The SMILES string of the molecule is C=C1C(=O)O[C@H]2[C@H]1C(OC(=O)/C(C)=C\C)[C@@H](O)/C(C(=O)OC)=C\CC[C@@]1(C)O[C@H]21. The van der Waals surface area contributed by atoms with Crippen molar-refractivity contribution in [3.8, 4) is 0 Å². The van der Waals surface area contributed by atoms with E-state index in [1.165, 1.54) is 7.11 Å². The summed E-state index contributed by atoms with van der Waals surface area (Å²) in [4.78, 5) is 37.1. The van der Waals surface area contributed by atoms with E-state index in [4.69, 9.17) is 18.9 Å². The van der Waals surface area contributed by atoms with Crippen molar-refractivity contribution < 1.29 is 38.4 Å². The van der Waals surface area contributed by atoms with E-state index >= 15 is 0 Å². The van der Waals surface area contributed by atoms with Crippen molar-refractivity contribution in [1.29, 1.82) is 0 Å². The first-order valence-corrected chi connectivity index (χ1v) is 9.52. The fraction of sp³-hybridized carbons (Fsp3) is 0.571. The molecule has 2 saturated heterocycles. The van der Waals surface area contributed by atoms with Crippen LogP contribution < -0.4 is 0 Å². The second kappa shape index (κ2) is 7.76. The molecular weight excluding hydrogens is 380 g/mol. The van der Waals surface area contributed by atoms with Crippen LogP contribution in [0.3, 0.4) is 0 Å². The predicted octanol–water partition coefficient (Wildman–Crippen LogP) is 1.37. The number of rotatable bonds is 3. The summed E-state index contributed by atoms with van der Waals surface area (Å²) in [6.45, 7) is 8.91. The quantitative estimate of drug-likeness (QED) is 0.324. The molecule has 1 unspecified atom stereocenters. The summed E-state index contributed by atoms with van der Waals surface area (Å²) < 4.78 is 21.7. The molecule has 1 N–H and O–H groups in total. The maximum Gasteiger partial charge on any atom is 0.336 e. The van der Waals surface area contributed by atoms with E-state index in [0.717, 1.165) is 0 Å². The van der Waals surface area contributed by atoms with E-state index < -0.39 is 53.8 Å². The van der Waals surface area contributed by atoms with Crippen LogP contribution in [-0.2, 0) is 33.3 Å². The van der Waals surface area contributed by atoms with Gasteiger partial charge in [0, 0.05) is 11.1 Å². The van der Waals surface area contributed by atoms with Gasteiger partial charge in [0.1, 0.15) is 24.4 Å². The van der Waals surface area contributed by atoms with Crippen LogP contribution in [0.4, 0.5) is 0 Å². The van der Waals surface area contributed by atoms with Crippen LogP contribution in [0.1, 0.15) is 33.6 Å². The lowest BCUT2D eigenvalue weighted by molar-refractivity contribution is -0.157. The van der Waals surface area contributed by atoms with Crippen LogP contribution in [0, 0.1) is 5.92 Å². The number of methoxy groups -OCH3 is 1. The normalized spacial score (nSPS) is 38.7. The Balaban J connectivity index is 2.07. The molecule has 6 atom stereocenters. The molecule has 3 aliphatic rings. The highest BCUT2D eigenvalue weighted by Gasteiger charge is 2.64. The Morgan fingerprint density at radius 3 is 2.72 bits per heavy atom. The number of aliphatic hydroxyl groups is 1. The summed E-state index contributed by atoms with van der Waals surface area (Å²) in [6.07, 6.45) is 0.0991. The molecule has 0 amide bonds. The highest BCUT2D eigenvalue weighted by molar-refractivity contribution is 5.93. The highest BCUT2D eigenvalue weighted by atomic mass is 16.7. The second-order valence-corrected chi connectivity index (χ2v) is 7.75. The molecule has 2 heterocycles. The number of ether oxygens (including phenoxy) is 4. The molecule has 0 aromatic heterocycles. The lowest BCUT2D eigenvalue weighted by atomic mass is 9.80. The maximum atomic E-state index is 12.5. The minimum absolute atomic E-state index is 0.0444. The van der Waals surface area contributed by atoms with Gasteiger partial charge >= 0.3 is 17.9 Å². The third kappa shape index (κ3) is 3.74. The van der Waals surface area contributed by atoms with Crippen molar-refractivity contribution in [2.45, 2.75) is 63.6 Å². The smallest absolute Gasteiger partial charge is 0.336 e. The predicted molar refractivity (Wildman–Crippen MR) is 100 cm³/mol. The average Bonchev–Trinajstić information content (AvgIpc) is 3.28. The number of epoxide rings is 1. The van der Waals surface area contributed by atoms with Gasteiger partial charge in [0.15, 0.2) is 0 Å². The zero-order valence-electron chi connectivity index (χ0n) is 17.0. The lowest BCUT2D eigenvalue weighted by Gasteiger charge is -2.31. The summed E-state index contributed by atoms with van der Waals surface area (Å²) >= 11 is 0. The molecule has 3 rings (SSSR count). The summed E-state index contributed by atoms with van der Waals surface area (Å²) in [5.74, 6) is -2.93. The molecule has 29 heavy (non-hydrogen) atoms. The summed E-state index contributed by atoms with van der Waals surface area (Å²) in [5.41, 5.74) is -0.218. The first-order valence-electron chi connectivity index (χ1n) is 9.52. The number of carbonyl (C=O) groups excluding carboxylic acids is 3. The number of hydrogen-bond acceptors (Lipinski definition) is 8.